The SMILES string of the molecule is CC(C(=O)N(C)C1CCCCC1)N1CCNCC1. The van der Waals surface area contributed by atoms with Crippen molar-refractivity contribution in [3.63, 3.8) is 0 Å². The van der Waals surface area contributed by atoms with Gasteiger partial charge in [-0.1, -0.05) is 19.3 Å². The molecule has 1 unspecified atom stereocenters. The number of rotatable bonds is 3. The average molecular weight is 253 g/mol. The summed E-state index contributed by atoms with van der Waals surface area (Å²) in [5.41, 5.74) is 0. The Morgan fingerprint density at radius 2 is 1.83 bits per heavy atom. The second-order valence-electron chi connectivity index (χ2n) is 5.70. The van der Waals surface area contributed by atoms with Crippen LogP contribution in [0, 0.1) is 0 Å². The maximum atomic E-state index is 12.5. The summed E-state index contributed by atoms with van der Waals surface area (Å²) < 4.78 is 0. The van der Waals surface area contributed by atoms with E-state index in [0.29, 0.717) is 11.9 Å². The van der Waals surface area contributed by atoms with E-state index in [1.165, 1.54) is 32.1 Å². The number of nitrogens with one attached hydrogen (secondary N) is 1. The van der Waals surface area contributed by atoms with Crippen molar-refractivity contribution in [2.24, 2.45) is 0 Å². The van der Waals surface area contributed by atoms with E-state index in [-0.39, 0.29) is 6.04 Å². The first-order valence-corrected chi connectivity index (χ1v) is 7.41. The molecule has 2 fully saturated rings. The third-order valence-electron chi connectivity index (χ3n) is 4.53. The second kappa shape index (κ2) is 6.53. The monoisotopic (exact) mass is 253 g/mol. The minimum Gasteiger partial charge on any atom is -0.341 e. The first-order chi connectivity index (χ1) is 8.70. The van der Waals surface area contributed by atoms with Crippen LogP contribution in [0.15, 0.2) is 0 Å². The molecule has 0 aromatic carbocycles. The summed E-state index contributed by atoms with van der Waals surface area (Å²) in [6, 6.07) is 0.524. The fourth-order valence-corrected chi connectivity index (χ4v) is 3.17. The van der Waals surface area contributed by atoms with E-state index in [1.54, 1.807) is 0 Å². The number of likely N-dealkylation sites (N-methyl/N-ethyl adjacent to an activating group) is 1. The van der Waals surface area contributed by atoms with E-state index in [2.05, 4.69) is 17.1 Å². The Labute approximate surface area is 111 Å². The van der Waals surface area contributed by atoms with E-state index in [1.807, 2.05) is 11.9 Å². The third-order valence-corrected chi connectivity index (χ3v) is 4.53. The molecule has 1 saturated heterocycles. The van der Waals surface area contributed by atoms with Gasteiger partial charge >= 0.3 is 0 Å². The van der Waals surface area contributed by atoms with Gasteiger partial charge in [0, 0.05) is 39.3 Å². The summed E-state index contributed by atoms with van der Waals surface area (Å²) in [4.78, 5) is 16.8. The van der Waals surface area contributed by atoms with Gasteiger partial charge in [-0.15, -0.1) is 0 Å². The van der Waals surface area contributed by atoms with Crippen molar-refractivity contribution in [3.8, 4) is 0 Å². The lowest BCUT2D eigenvalue weighted by atomic mass is 9.94. The van der Waals surface area contributed by atoms with Crippen molar-refractivity contribution in [2.45, 2.75) is 51.1 Å². The van der Waals surface area contributed by atoms with E-state index >= 15 is 0 Å². The highest BCUT2D eigenvalue weighted by Crippen LogP contribution is 2.22. The van der Waals surface area contributed by atoms with Crippen LogP contribution < -0.4 is 5.32 Å². The van der Waals surface area contributed by atoms with E-state index in [4.69, 9.17) is 0 Å². The molecule has 2 aliphatic rings. The molecule has 1 atom stereocenters. The van der Waals surface area contributed by atoms with Crippen molar-refractivity contribution in [1.82, 2.24) is 15.1 Å². The van der Waals surface area contributed by atoms with Crippen LogP contribution in [-0.2, 0) is 4.79 Å². The van der Waals surface area contributed by atoms with Gasteiger partial charge in [0.05, 0.1) is 6.04 Å². The highest BCUT2D eigenvalue weighted by Gasteiger charge is 2.29. The van der Waals surface area contributed by atoms with Gasteiger partial charge in [-0.3, -0.25) is 9.69 Å². The van der Waals surface area contributed by atoms with E-state index < -0.39 is 0 Å². The van der Waals surface area contributed by atoms with Gasteiger partial charge in [0.2, 0.25) is 5.91 Å². The van der Waals surface area contributed by atoms with E-state index in [0.717, 1.165) is 26.2 Å². The van der Waals surface area contributed by atoms with Gasteiger partial charge in [-0.2, -0.15) is 0 Å². The number of carbonyl (C=O) groups excluding carboxylic acids is 1. The predicted molar refractivity (Wildman–Crippen MR) is 73.5 cm³/mol. The molecule has 2 rings (SSSR count). The minimum absolute atomic E-state index is 0.0408. The minimum atomic E-state index is 0.0408. The Bertz CT molecular complexity index is 244. The summed E-state index contributed by atoms with van der Waals surface area (Å²) in [6.07, 6.45) is 6.29. The molecule has 18 heavy (non-hydrogen) atoms. The number of amides is 1. The first kappa shape index (κ1) is 13.8. The predicted octanol–water partition coefficient (Wildman–Crippen LogP) is 1.07. The van der Waals surface area contributed by atoms with Crippen molar-refractivity contribution in [1.29, 1.82) is 0 Å². The molecule has 4 heteroatoms. The summed E-state index contributed by atoms with van der Waals surface area (Å²) in [5.74, 6) is 0.309. The smallest absolute Gasteiger partial charge is 0.239 e. The van der Waals surface area contributed by atoms with Gasteiger partial charge < -0.3 is 10.2 Å². The van der Waals surface area contributed by atoms with Crippen LogP contribution in [0.4, 0.5) is 0 Å². The van der Waals surface area contributed by atoms with Gasteiger partial charge in [-0.25, -0.2) is 0 Å². The fourth-order valence-electron chi connectivity index (χ4n) is 3.17. The normalized spacial score (nSPS) is 24.8. The lowest BCUT2D eigenvalue weighted by Crippen LogP contribution is -2.54. The van der Waals surface area contributed by atoms with Crippen molar-refractivity contribution in [3.05, 3.63) is 0 Å². The van der Waals surface area contributed by atoms with Crippen LogP contribution in [0.25, 0.3) is 0 Å². The lowest BCUT2D eigenvalue weighted by molar-refractivity contribution is -0.138. The lowest BCUT2D eigenvalue weighted by Gasteiger charge is -2.37. The van der Waals surface area contributed by atoms with Crippen LogP contribution in [0.3, 0.4) is 0 Å². The molecule has 0 aromatic heterocycles. The quantitative estimate of drug-likeness (QED) is 0.817. The van der Waals surface area contributed by atoms with Gasteiger partial charge in [0.1, 0.15) is 0 Å². The largest absolute Gasteiger partial charge is 0.341 e. The molecule has 0 radical (unpaired) electrons. The molecule has 0 bridgehead atoms. The Kier molecular flexibility index (Phi) is 5.01. The molecule has 104 valence electrons. The zero-order valence-electron chi connectivity index (χ0n) is 11.8. The van der Waals surface area contributed by atoms with E-state index in [9.17, 15) is 4.79 Å². The molecule has 1 amide bonds. The fraction of sp³-hybridized carbons (Fsp3) is 0.929. The highest BCUT2D eigenvalue weighted by atomic mass is 16.2. The summed E-state index contributed by atoms with van der Waals surface area (Å²) in [6.45, 7) is 6.05. The Morgan fingerprint density at radius 1 is 1.22 bits per heavy atom. The zero-order valence-corrected chi connectivity index (χ0v) is 11.8. The van der Waals surface area contributed by atoms with Crippen molar-refractivity contribution >= 4 is 5.91 Å². The Balaban J connectivity index is 1.87. The molecule has 1 aliphatic carbocycles. The zero-order chi connectivity index (χ0) is 13.0. The number of carbonyl (C=O) groups is 1. The average Bonchev–Trinajstić information content (AvgIpc) is 2.47. The van der Waals surface area contributed by atoms with Crippen LogP contribution in [0.1, 0.15) is 39.0 Å². The highest BCUT2D eigenvalue weighted by molar-refractivity contribution is 5.81. The first-order valence-electron chi connectivity index (χ1n) is 7.41. The maximum absolute atomic E-state index is 12.5. The molecule has 4 nitrogen and oxygen atoms in total. The molecular formula is C14H27N3O. The standard InChI is InChI=1S/C14H27N3O/c1-12(17-10-8-15-9-11-17)14(18)16(2)13-6-4-3-5-7-13/h12-13,15H,3-11H2,1-2H3. The number of hydrogen-bond donors (Lipinski definition) is 1. The molecular weight excluding hydrogens is 226 g/mol. The summed E-state index contributed by atoms with van der Waals surface area (Å²) >= 11 is 0. The number of piperazine rings is 1. The topological polar surface area (TPSA) is 35.6 Å². The molecule has 0 aromatic rings. The second-order valence-corrected chi connectivity index (χ2v) is 5.70. The van der Waals surface area contributed by atoms with Crippen LogP contribution >= 0.6 is 0 Å². The van der Waals surface area contributed by atoms with Crippen LogP contribution in [0.2, 0.25) is 0 Å². The van der Waals surface area contributed by atoms with Gasteiger partial charge in [0.15, 0.2) is 0 Å². The summed E-state index contributed by atoms with van der Waals surface area (Å²) in [5, 5.41) is 3.33. The van der Waals surface area contributed by atoms with Crippen LogP contribution in [0.5, 0.6) is 0 Å². The van der Waals surface area contributed by atoms with Crippen LogP contribution in [-0.4, -0.2) is 61.0 Å². The molecule has 1 heterocycles. The molecule has 1 aliphatic heterocycles. The summed E-state index contributed by atoms with van der Waals surface area (Å²) in [7, 11) is 2.00. The van der Waals surface area contributed by atoms with Crippen molar-refractivity contribution < 1.29 is 4.79 Å². The van der Waals surface area contributed by atoms with Gasteiger partial charge in [-0.05, 0) is 19.8 Å². The number of hydrogen-bond acceptors (Lipinski definition) is 3. The van der Waals surface area contributed by atoms with Gasteiger partial charge in [0.25, 0.3) is 0 Å². The number of nitrogens with zero attached hydrogens (tertiary/aromatic N) is 2. The Hall–Kier alpha value is -0.610. The molecule has 1 saturated carbocycles. The Morgan fingerprint density at radius 3 is 2.44 bits per heavy atom. The molecule has 1 N–H and O–H groups in total. The van der Waals surface area contributed by atoms with Crippen molar-refractivity contribution in [2.75, 3.05) is 33.2 Å². The maximum Gasteiger partial charge on any atom is 0.239 e. The molecule has 0 spiro atoms. The third kappa shape index (κ3) is 3.23.